The molecule has 2 rings (SSSR count). The fraction of sp³-hybridized carbons (Fsp3) is 0.429. The van der Waals surface area contributed by atoms with Gasteiger partial charge in [-0.1, -0.05) is 5.16 Å². The zero-order valence-electron chi connectivity index (χ0n) is 11.3. The molecule has 0 fully saturated rings. The van der Waals surface area contributed by atoms with Gasteiger partial charge in [0.05, 0.1) is 12.7 Å². The molecule has 1 atom stereocenters. The van der Waals surface area contributed by atoms with Crippen molar-refractivity contribution in [3.8, 4) is 0 Å². The van der Waals surface area contributed by atoms with E-state index in [9.17, 15) is 0 Å². The maximum atomic E-state index is 5.07. The molecule has 0 saturated carbocycles. The minimum atomic E-state index is 0.239. The molecule has 0 aliphatic rings. The van der Waals surface area contributed by atoms with Crippen LogP contribution in [-0.4, -0.2) is 10.1 Å². The van der Waals surface area contributed by atoms with Crippen LogP contribution in [0.2, 0.25) is 0 Å². The molecule has 2 heterocycles. The highest BCUT2D eigenvalue weighted by Gasteiger charge is 2.13. The Morgan fingerprint density at radius 1 is 1.33 bits per heavy atom. The van der Waals surface area contributed by atoms with Crippen molar-refractivity contribution in [2.75, 3.05) is 0 Å². The molecule has 0 aliphatic carbocycles. The zero-order valence-corrected chi connectivity index (χ0v) is 11.3. The van der Waals surface area contributed by atoms with Gasteiger partial charge in [-0.2, -0.15) is 0 Å². The lowest BCUT2D eigenvalue weighted by atomic mass is 10.0. The Labute approximate surface area is 107 Å². The van der Waals surface area contributed by atoms with Crippen LogP contribution in [0.25, 0.3) is 0 Å². The van der Waals surface area contributed by atoms with Crippen LogP contribution in [0.3, 0.4) is 0 Å². The Morgan fingerprint density at radius 2 is 2.11 bits per heavy atom. The SMILES string of the molecule is Cc1cc(C)c(C(C)NCc2ccno2)c(C)n1. The quantitative estimate of drug-likeness (QED) is 0.900. The molecule has 96 valence electrons. The Morgan fingerprint density at radius 3 is 2.72 bits per heavy atom. The van der Waals surface area contributed by atoms with E-state index in [2.05, 4.69) is 42.3 Å². The van der Waals surface area contributed by atoms with Gasteiger partial charge in [-0.3, -0.25) is 4.98 Å². The summed E-state index contributed by atoms with van der Waals surface area (Å²) in [6.45, 7) is 9.03. The van der Waals surface area contributed by atoms with Crippen LogP contribution in [0.5, 0.6) is 0 Å². The van der Waals surface area contributed by atoms with Crippen LogP contribution in [-0.2, 0) is 6.54 Å². The fourth-order valence-corrected chi connectivity index (χ4v) is 2.38. The Kier molecular flexibility index (Phi) is 3.77. The second-order valence-corrected chi connectivity index (χ2v) is 4.66. The topological polar surface area (TPSA) is 51.0 Å². The summed E-state index contributed by atoms with van der Waals surface area (Å²) < 4.78 is 5.07. The number of rotatable bonds is 4. The molecule has 18 heavy (non-hydrogen) atoms. The van der Waals surface area contributed by atoms with Crippen molar-refractivity contribution < 1.29 is 4.52 Å². The third kappa shape index (κ3) is 2.76. The van der Waals surface area contributed by atoms with Crippen molar-refractivity contribution in [1.82, 2.24) is 15.5 Å². The lowest BCUT2D eigenvalue weighted by Gasteiger charge is -2.18. The van der Waals surface area contributed by atoms with Gasteiger partial charge < -0.3 is 9.84 Å². The van der Waals surface area contributed by atoms with Crippen LogP contribution in [0.15, 0.2) is 22.9 Å². The van der Waals surface area contributed by atoms with Crippen molar-refractivity contribution in [2.24, 2.45) is 0 Å². The monoisotopic (exact) mass is 245 g/mol. The van der Waals surface area contributed by atoms with Crippen molar-refractivity contribution >= 4 is 0 Å². The highest BCUT2D eigenvalue weighted by molar-refractivity contribution is 5.33. The van der Waals surface area contributed by atoms with E-state index in [1.54, 1.807) is 6.20 Å². The van der Waals surface area contributed by atoms with Gasteiger partial charge in [0.25, 0.3) is 0 Å². The first kappa shape index (κ1) is 12.8. The molecule has 4 heteroatoms. The molecule has 2 aromatic heterocycles. The molecular weight excluding hydrogens is 226 g/mol. The molecule has 0 aromatic carbocycles. The van der Waals surface area contributed by atoms with Crippen LogP contribution in [0.4, 0.5) is 0 Å². The predicted molar refractivity (Wildman–Crippen MR) is 70.2 cm³/mol. The third-order valence-electron chi connectivity index (χ3n) is 3.09. The van der Waals surface area contributed by atoms with Gasteiger partial charge in [-0.15, -0.1) is 0 Å². The summed E-state index contributed by atoms with van der Waals surface area (Å²) in [5.41, 5.74) is 4.69. The lowest BCUT2D eigenvalue weighted by Crippen LogP contribution is -2.20. The lowest BCUT2D eigenvalue weighted by molar-refractivity contribution is 0.365. The standard InChI is InChI=1S/C14H19N3O/c1-9-7-10(2)17-12(4)14(9)11(3)15-8-13-5-6-16-18-13/h5-7,11,15H,8H2,1-4H3. The summed E-state index contributed by atoms with van der Waals surface area (Å²) in [4.78, 5) is 4.52. The van der Waals surface area contributed by atoms with Crippen LogP contribution in [0, 0.1) is 20.8 Å². The smallest absolute Gasteiger partial charge is 0.150 e. The first-order valence-electron chi connectivity index (χ1n) is 6.15. The van der Waals surface area contributed by atoms with Gasteiger partial charge >= 0.3 is 0 Å². The van der Waals surface area contributed by atoms with Crippen molar-refractivity contribution in [1.29, 1.82) is 0 Å². The zero-order chi connectivity index (χ0) is 13.1. The van der Waals surface area contributed by atoms with Crippen LogP contribution in [0.1, 0.15) is 41.2 Å². The van der Waals surface area contributed by atoms with Crippen molar-refractivity contribution in [3.63, 3.8) is 0 Å². The largest absolute Gasteiger partial charge is 0.360 e. The molecule has 1 unspecified atom stereocenters. The Balaban J connectivity index is 2.11. The second-order valence-electron chi connectivity index (χ2n) is 4.66. The third-order valence-corrected chi connectivity index (χ3v) is 3.09. The Bertz CT molecular complexity index is 497. The number of aryl methyl sites for hydroxylation is 3. The first-order valence-corrected chi connectivity index (χ1v) is 6.15. The molecule has 2 aromatic rings. The molecule has 0 bridgehead atoms. The number of aromatic nitrogens is 2. The van der Waals surface area contributed by atoms with E-state index in [-0.39, 0.29) is 6.04 Å². The average molecular weight is 245 g/mol. The number of hydrogen-bond acceptors (Lipinski definition) is 4. The van der Waals surface area contributed by atoms with Gasteiger partial charge in [-0.05, 0) is 44.9 Å². The number of pyridine rings is 1. The van der Waals surface area contributed by atoms with Gasteiger partial charge in [0.1, 0.15) is 5.76 Å². The van der Waals surface area contributed by atoms with Crippen LogP contribution >= 0.6 is 0 Å². The summed E-state index contributed by atoms with van der Waals surface area (Å²) in [6.07, 6.45) is 1.66. The second kappa shape index (κ2) is 5.31. The van der Waals surface area contributed by atoms with Crippen molar-refractivity contribution in [2.45, 2.75) is 40.3 Å². The van der Waals surface area contributed by atoms with E-state index in [0.29, 0.717) is 6.54 Å². The minimum Gasteiger partial charge on any atom is -0.360 e. The number of nitrogens with zero attached hydrogens (tertiary/aromatic N) is 2. The maximum Gasteiger partial charge on any atom is 0.150 e. The molecular formula is C14H19N3O. The van der Waals surface area contributed by atoms with E-state index in [1.807, 2.05) is 13.0 Å². The normalized spacial score (nSPS) is 12.7. The maximum absolute atomic E-state index is 5.07. The van der Waals surface area contributed by atoms with E-state index < -0.39 is 0 Å². The Hall–Kier alpha value is -1.68. The number of nitrogens with one attached hydrogen (secondary N) is 1. The van der Waals surface area contributed by atoms with Gasteiger partial charge in [0.15, 0.2) is 0 Å². The van der Waals surface area contributed by atoms with E-state index in [1.165, 1.54) is 11.1 Å². The summed E-state index contributed by atoms with van der Waals surface area (Å²) in [5, 5.41) is 7.12. The van der Waals surface area contributed by atoms with Gasteiger partial charge in [0.2, 0.25) is 0 Å². The van der Waals surface area contributed by atoms with Crippen LogP contribution < -0.4 is 5.32 Å². The first-order chi connectivity index (χ1) is 8.58. The van der Waals surface area contributed by atoms with E-state index >= 15 is 0 Å². The van der Waals surface area contributed by atoms with E-state index in [0.717, 1.165) is 17.1 Å². The highest BCUT2D eigenvalue weighted by atomic mass is 16.5. The molecule has 0 spiro atoms. The van der Waals surface area contributed by atoms with Crippen molar-refractivity contribution in [3.05, 3.63) is 46.6 Å². The summed E-state index contributed by atoms with van der Waals surface area (Å²) in [7, 11) is 0. The van der Waals surface area contributed by atoms with Gasteiger partial charge in [0, 0.05) is 23.5 Å². The molecule has 0 amide bonds. The predicted octanol–water partition coefficient (Wildman–Crippen LogP) is 2.85. The molecule has 4 nitrogen and oxygen atoms in total. The summed E-state index contributed by atoms with van der Waals surface area (Å²) in [6, 6.07) is 4.23. The number of hydrogen-bond donors (Lipinski definition) is 1. The fourth-order valence-electron chi connectivity index (χ4n) is 2.38. The van der Waals surface area contributed by atoms with E-state index in [4.69, 9.17) is 4.52 Å². The summed E-state index contributed by atoms with van der Waals surface area (Å²) >= 11 is 0. The van der Waals surface area contributed by atoms with Gasteiger partial charge in [-0.25, -0.2) is 0 Å². The summed E-state index contributed by atoms with van der Waals surface area (Å²) in [5.74, 6) is 0.845. The highest BCUT2D eigenvalue weighted by Crippen LogP contribution is 2.21. The molecule has 0 saturated heterocycles. The molecule has 0 radical (unpaired) electrons. The minimum absolute atomic E-state index is 0.239. The molecule has 0 aliphatic heterocycles. The molecule has 1 N–H and O–H groups in total. The average Bonchev–Trinajstić information content (AvgIpc) is 2.77.